The number of hydrogen-bond donors (Lipinski definition) is 4. The zero-order valence-electron chi connectivity index (χ0n) is 33.1. The molecule has 2 heterocycles. The number of ether oxygens (including phenoxy) is 3. The molecular formula is C41H55N5O11. The largest absolute Gasteiger partial charge is 0.481 e. The number of esters is 1. The summed E-state index contributed by atoms with van der Waals surface area (Å²) in [5, 5.41) is 17.9. The van der Waals surface area contributed by atoms with Gasteiger partial charge in [-0.25, -0.2) is 9.59 Å². The van der Waals surface area contributed by atoms with Crippen LogP contribution in [0.3, 0.4) is 0 Å². The molecule has 2 aromatic carbocycles. The number of rotatable bonds is 18. The second-order valence-electron chi connectivity index (χ2n) is 15.2. The number of piperidine rings is 1. The molecule has 2 saturated heterocycles. The van der Waals surface area contributed by atoms with Crippen LogP contribution >= 0.6 is 0 Å². The molecule has 2 fully saturated rings. The predicted molar refractivity (Wildman–Crippen MR) is 206 cm³/mol. The Labute approximate surface area is 332 Å². The molecule has 0 saturated carbocycles. The van der Waals surface area contributed by atoms with Gasteiger partial charge in [-0.2, -0.15) is 0 Å². The lowest BCUT2D eigenvalue weighted by Crippen LogP contribution is -2.65. The van der Waals surface area contributed by atoms with E-state index in [1.54, 1.807) is 20.8 Å². The summed E-state index contributed by atoms with van der Waals surface area (Å²) in [5.41, 5.74) is 0.851. The fourth-order valence-electron chi connectivity index (χ4n) is 6.87. The molecule has 0 aliphatic carbocycles. The monoisotopic (exact) mass is 793 g/mol. The van der Waals surface area contributed by atoms with Crippen LogP contribution in [-0.4, -0.2) is 113 Å². The second-order valence-corrected chi connectivity index (χ2v) is 15.2. The summed E-state index contributed by atoms with van der Waals surface area (Å²) < 4.78 is 16.6. The normalized spacial score (nSPS) is 19.2. The lowest BCUT2D eigenvalue weighted by atomic mass is 9.88. The minimum absolute atomic E-state index is 0.0879. The molecule has 16 nitrogen and oxygen atoms in total. The smallest absolute Gasteiger partial charge is 0.407 e. The van der Waals surface area contributed by atoms with Crippen molar-refractivity contribution in [3.8, 4) is 0 Å². The number of nitrogens with zero attached hydrogens (tertiary/aromatic N) is 2. The van der Waals surface area contributed by atoms with Crippen LogP contribution in [0.15, 0.2) is 60.7 Å². The van der Waals surface area contributed by atoms with Gasteiger partial charge in [0.25, 0.3) is 0 Å². The minimum atomic E-state index is -1.58. The van der Waals surface area contributed by atoms with E-state index >= 15 is 0 Å². The number of carbonyl (C=O) groups excluding carboxylic acids is 6. The molecule has 0 aromatic heterocycles. The van der Waals surface area contributed by atoms with Gasteiger partial charge < -0.3 is 45.1 Å². The summed E-state index contributed by atoms with van der Waals surface area (Å²) in [7, 11) is 0. The Hall–Kier alpha value is -5.51. The number of carboxylic acids is 1. The van der Waals surface area contributed by atoms with Gasteiger partial charge in [0.05, 0.1) is 19.1 Å². The number of likely N-dealkylation sites (tertiary alicyclic amines) is 2. The molecule has 2 aliphatic rings. The predicted octanol–water partition coefficient (Wildman–Crippen LogP) is 2.92. The first kappa shape index (κ1) is 44.2. The van der Waals surface area contributed by atoms with Gasteiger partial charge in [-0.05, 0) is 70.4 Å². The molecule has 5 atom stereocenters. The topological polar surface area (TPSA) is 210 Å². The summed E-state index contributed by atoms with van der Waals surface area (Å²) in [6, 6.07) is 13.5. The third-order valence-electron chi connectivity index (χ3n) is 9.60. The number of carboxylic acid groups (broad SMARTS) is 1. The zero-order chi connectivity index (χ0) is 41.5. The van der Waals surface area contributed by atoms with Crippen LogP contribution in [-0.2, 0) is 56.2 Å². The number of benzene rings is 2. The van der Waals surface area contributed by atoms with E-state index in [1.165, 1.54) is 16.7 Å². The molecule has 0 unspecified atom stereocenters. The molecule has 2 aromatic rings. The van der Waals surface area contributed by atoms with Crippen LogP contribution in [0.25, 0.3) is 0 Å². The summed E-state index contributed by atoms with van der Waals surface area (Å²) in [6.07, 6.45) is 1.07. The van der Waals surface area contributed by atoms with Gasteiger partial charge in [-0.1, -0.05) is 60.7 Å². The Morgan fingerprint density at radius 3 is 2.16 bits per heavy atom. The summed E-state index contributed by atoms with van der Waals surface area (Å²) in [6.45, 7) is 6.71. The van der Waals surface area contributed by atoms with Crippen LogP contribution < -0.4 is 16.0 Å². The van der Waals surface area contributed by atoms with Crippen molar-refractivity contribution in [1.29, 1.82) is 0 Å². The highest BCUT2D eigenvalue weighted by molar-refractivity contribution is 5.98. The second kappa shape index (κ2) is 21.1. The standard InChI is InChI=1S/C41H55N5O11/c1-27(47)43-31(26-55-24-28-14-7-5-8-15-28)35(48)44-34-30(38(51)52)20-23-46(37(34)50)32(36(49)45-22-13-19-33(45)39(53)57-41(2,3)4)18-11-12-21-42-40(54)56-25-29-16-9-6-10-17-29/h5-10,14-17,30-34H,11-13,18-26H2,1-4H3,(H,42,54)(H,43,47)(H,44,48)(H,51,52)/t30-,31+,32+,33+,34+/m1/s1. The van der Waals surface area contributed by atoms with Crippen molar-refractivity contribution < 1.29 is 52.9 Å². The number of hydrogen-bond acceptors (Lipinski definition) is 10. The maximum absolute atomic E-state index is 14.4. The average molecular weight is 794 g/mol. The molecule has 4 rings (SSSR count). The highest BCUT2D eigenvalue weighted by Gasteiger charge is 2.48. The third kappa shape index (κ3) is 13.6. The fourth-order valence-corrected chi connectivity index (χ4v) is 6.87. The van der Waals surface area contributed by atoms with E-state index < -0.39 is 77.3 Å². The van der Waals surface area contributed by atoms with Crippen molar-refractivity contribution in [2.24, 2.45) is 5.92 Å². The highest BCUT2D eigenvalue weighted by Crippen LogP contribution is 2.28. The number of aliphatic carboxylic acids is 1. The van der Waals surface area contributed by atoms with Crippen LogP contribution in [0, 0.1) is 5.92 Å². The van der Waals surface area contributed by atoms with E-state index in [1.807, 2.05) is 60.7 Å². The van der Waals surface area contributed by atoms with Crippen LogP contribution in [0.5, 0.6) is 0 Å². The first-order chi connectivity index (χ1) is 27.1. The molecule has 57 heavy (non-hydrogen) atoms. The lowest BCUT2D eigenvalue weighted by molar-refractivity contribution is -0.166. The van der Waals surface area contributed by atoms with Gasteiger partial charge in [0, 0.05) is 26.6 Å². The molecule has 0 spiro atoms. The van der Waals surface area contributed by atoms with Crippen molar-refractivity contribution in [1.82, 2.24) is 25.8 Å². The Balaban J connectivity index is 1.49. The van der Waals surface area contributed by atoms with E-state index in [0.29, 0.717) is 25.7 Å². The molecular weight excluding hydrogens is 738 g/mol. The molecule has 0 radical (unpaired) electrons. The molecule has 5 amide bonds. The average Bonchev–Trinajstić information content (AvgIpc) is 3.66. The third-order valence-corrected chi connectivity index (χ3v) is 9.60. The van der Waals surface area contributed by atoms with Gasteiger partial charge in [-0.3, -0.25) is 24.0 Å². The minimum Gasteiger partial charge on any atom is -0.481 e. The Bertz CT molecular complexity index is 1700. The SMILES string of the molecule is CC(=O)N[C@@H](COCc1ccccc1)C(=O)N[C@@H]1C(=O)N([C@@H](CCCCNC(=O)OCc2ccccc2)C(=O)N2CCC[C@H]2C(=O)OC(C)(C)C)CC[C@H]1C(=O)O. The first-order valence-corrected chi connectivity index (χ1v) is 19.3. The van der Waals surface area contributed by atoms with Crippen molar-refractivity contribution in [3.05, 3.63) is 71.8 Å². The molecule has 310 valence electrons. The van der Waals surface area contributed by atoms with Crippen molar-refractivity contribution >= 4 is 41.7 Å². The number of alkyl carbamates (subject to hydrolysis) is 1. The quantitative estimate of drug-likeness (QED) is 0.127. The van der Waals surface area contributed by atoms with Crippen molar-refractivity contribution in [2.45, 2.75) is 109 Å². The van der Waals surface area contributed by atoms with Crippen molar-refractivity contribution in [2.75, 3.05) is 26.2 Å². The summed E-state index contributed by atoms with van der Waals surface area (Å²) >= 11 is 0. The maximum Gasteiger partial charge on any atom is 0.407 e. The van der Waals surface area contributed by atoms with E-state index in [-0.39, 0.29) is 52.3 Å². The van der Waals surface area contributed by atoms with Crippen LogP contribution in [0.4, 0.5) is 4.79 Å². The lowest BCUT2D eigenvalue weighted by Gasteiger charge is -2.42. The van der Waals surface area contributed by atoms with Crippen molar-refractivity contribution in [3.63, 3.8) is 0 Å². The van der Waals surface area contributed by atoms with Crippen LogP contribution in [0.2, 0.25) is 0 Å². The Morgan fingerprint density at radius 1 is 0.895 bits per heavy atom. The van der Waals surface area contributed by atoms with Crippen LogP contribution in [0.1, 0.15) is 77.3 Å². The summed E-state index contributed by atoms with van der Waals surface area (Å²) in [4.78, 5) is 95.2. The molecule has 16 heteroatoms. The number of nitrogens with one attached hydrogen (secondary N) is 3. The molecule has 4 N–H and O–H groups in total. The summed E-state index contributed by atoms with van der Waals surface area (Å²) in [5.74, 6) is -5.88. The van der Waals surface area contributed by atoms with E-state index in [9.17, 15) is 38.7 Å². The zero-order valence-corrected chi connectivity index (χ0v) is 33.1. The van der Waals surface area contributed by atoms with Gasteiger partial charge in [0.1, 0.15) is 36.4 Å². The highest BCUT2D eigenvalue weighted by atomic mass is 16.6. The fraction of sp³-hybridized carbons (Fsp3) is 0.537. The van der Waals surface area contributed by atoms with E-state index in [4.69, 9.17) is 14.2 Å². The first-order valence-electron chi connectivity index (χ1n) is 19.3. The number of unbranched alkanes of at least 4 members (excludes halogenated alkanes) is 1. The molecule has 0 bridgehead atoms. The van der Waals surface area contributed by atoms with Gasteiger partial charge in [0.2, 0.25) is 23.6 Å². The number of amides is 5. The number of carbonyl (C=O) groups is 7. The maximum atomic E-state index is 14.4. The van der Waals surface area contributed by atoms with Gasteiger partial charge in [0.15, 0.2) is 0 Å². The van der Waals surface area contributed by atoms with E-state index in [0.717, 1.165) is 11.1 Å². The van der Waals surface area contributed by atoms with Gasteiger partial charge >= 0.3 is 18.0 Å². The molecule has 2 aliphatic heterocycles. The van der Waals surface area contributed by atoms with E-state index in [2.05, 4.69) is 16.0 Å². The Morgan fingerprint density at radius 2 is 1.54 bits per heavy atom. The van der Waals surface area contributed by atoms with Gasteiger partial charge in [-0.15, -0.1) is 0 Å². The Kier molecular flexibility index (Phi) is 16.4.